The van der Waals surface area contributed by atoms with E-state index in [9.17, 15) is 0 Å². The zero-order valence-electron chi connectivity index (χ0n) is 15.9. The average molecular weight is 378 g/mol. The van der Waals surface area contributed by atoms with Gasteiger partial charge in [-0.2, -0.15) is 0 Å². The summed E-state index contributed by atoms with van der Waals surface area (Å²) in [5, 5.41) is 5.38. The Morgan fingerprint density at radius 2 is 1.25 bits per heavy atom. The summed E-state index contributed by atoms with van der Waals surface area (Å²) in [4.78, 5) is 0. The lowest BCUT2D eigenvalue weighted by molar-refractivity contribution is 1.18. The normalized spacial score (nSPS) is 11.9. The van der Waals surface area contributed by atoms with Gasteiger partial charge in [-0.15, -0.1) is 11.3 Å². The van der Waals surface area contributed by atoms with Gasteiger partial charge >= 0.3 is 0 Å². The fourth-order valence-electron chi connectivity index (χ4n) is 4.37. The summed E-state index contributed by atoms with van der Waals surface area (Å²) in [6, 6.07) is 29.1. The van der Waals surface area contributed by atoms with Crippen molar-refractivity contribution in [1.82, 2.24) is 4.57 Å². The summed E-state index contributed by atoms with van der Waals surface area (Å²) in [5.41, 5.74) is 6.37. The standard InChI is InChI=1S/C26H19NS/c1-16-8-10-23-19(12-16)20-15-26-22(21-13-17(2)9-11-25(21)28-26)14-24(20)27(23)18-6-4-3-5-7-18/h3-15H,1-2H3. The van der Waals surface area contributed by atoms with Crippen molar-refractivity contribution < 1.29 is 0 Å². The van der Waals surface area contributed by atoms with Gasteiger partial charge in [0.1, 0.15) is 0 Å². The fraction of sp³-hybridized carbons (Fsp3) is 0.0769. The molecule has 0 unspecified atom stereocenters. The number of aromatic nitrogens is 1. The molecular formula is C26H19NS. The van der Waals surface area contributed by atoms with Crippen molar-refractivity contribution in [3.63, 3.8) is 0 Å². The number of nitrogens with zero attached hydrogens (tertiary/aromatic N) is 1. The predicted molar refractivity (Wildman–Crippen MR) is 123 cm³/mol. The molecular weight excluding hydrogens is 358 g/mol. The molecule has 134 valence electrons. The third-order valence-corrected chi connectivity index (χ3v) is 6.82. The molecule has 0 saturated heterocycles. The number of hydrogen-bond acceptors (Lipinski definition) is 1. The zero-order chi connectivity index (χ0) is 18.8. The molecule has 0 bridgehead atoms. The van der Waals surface area contributed by atoms with Crippen molar-refractivity contribution in [2.24, 2.45) is 0 Å². The van der Waals surface area contributed by atoms with Crippen molar-refractivity contribution in [3.8, 4) is 5.69 Å². The smallest absolute Gasteiger partial charge is 0.0548 e. The highest BCUT2D eigenvalue weighted by molar-refractivity contribution is 7.25. The van der Waals surface area contributed by atoms with E-state index in [0.717, 1.165) is 0 Å². The van der Waals surface area contributed by atoms with Crippen LogP contribution in [0.1, 0.15) is 11.1 Å². The second kappa shape index (κ2) is 5.70. The second-order valence-corrected chi connectivity index (χ2v) is 8.74. The Bertz CT molecular complexity index is 1520. The third-order valence-electron chi connectivity index (χ3n) is 5.68. The largest absolute Gasteiger partial charge is 0.309 e. The number of fused-ring (bicyclic) bond motifs is 6. The first-order valence-electron chi connectivity index (χ1n) is 9.62. The monoisotopic (exact) mass is 377 g/mol. The third kappa shape index (κ3) is 2.18. The Labute approximate surface area is 167 Å². The van der Waals surface area contributed by atoms with Crippen LogP contribution in [0.25, 0.3) is 47.7 Å². The van der Waals surface area contributed by atoms with Crippen LogP contribution < -0.4 is 0 Å². The molecule has 28 heavy (non-hydrogen) atoms. The van der Waals surface area contributed by atoms with E-state index >= 15 is 0 Å². The van der Waals surface area contributed by atoms with Gasteiger partial charge in [-0.25, -0.2) is 0 Å². The summed E-state index contributed by atoms with van der Waals surface area (Å²) in [7, 11) is 0. The number of para-hydroxylation sites is 1. The summed E-state index contributed by atoms with van der Waals surface area (Å²) < 4.78 is 5.13. The highest BCUT2D eigenvalue weighted by atomic mass is 32.1. The number of benzene rings is 4. The lowest BCUT2D eigenvalue weighted by Crippen LogP contribution is -1.92. The van der Waals surface area contributed by atoms with E-state index < -0.39 is 0 Å². The Morgan fingerprint density at radius 3 is 2.07 bits per heavy atom. The Morgan fingerprint density at radius 1 is 0.571 bits per heavy atom. The first-order chi connectivity index (χ1) is 13.7. The summed E-state index contributed by atoms with van der Waals surface area (Å²) in [6.07, 6.45) is 0. The predicted octanol–water partition coefficient (Wildman–Crippen LogP) is 7.77. The summed E-state index contributed by atoms with van der Waals surface area (Å²) in [5.74, 6) is 0. The lowest BCUT2D eigenvalue weighted by Gasteiger charge is -2.07. The van der Waals surface area contributed by atoms with Crippen molar-refractivity contribution in [2.75, 3.05) is 0 Å². The molecule has 0 spiro atoms. The van der Waals surface area contributed by atoms with E-state index in [-0.39, 0.29) is 0 Å². The minimum atomic E-state index is 1.21. The Balaban J connectivity index is 1.84. The van der Waals surface area contributed by atoms with Gasteiger partial charge in [-0.1, -0.05) is 41.5 Å². The van der Waals surface area contributed by atoms with Gasteiger partial charge in [0.25, 0.3) is 0 Å². The Hall–Kier alpha value is -3.10. The van der Waals surface area contributed by atoms with Crippen LogP contribution >= 0.6 is 11.3 Å². The fourth-order valence-corrected chi connectivity index (χ4v) is 5.48. The molecule has 2 heterocycles. The van der Waals surface area contributed by atoms with Crippen molar-refractivity contribution in [1.29, 1.82) is 0 Å². The van der Waals surface area contributed by atoms with Gasteiger partial charge in [0.05, 0.1) is 11.0 Å². The molecule has 6 aromatic rings. The molecule has 4 aromatic carbocycles. The topological polar surface area (TPSA) is 4.93 Å². The summed E-state index contributed by atoms with van der Waals surface area (Å²) >= 11 is 1.89. The first-order valence-corrected chi connectivity index (χ1v) is 10.4. The van der Waals surface area contributed by atoms with Crippen molar-refractivity contribution in [3.05, 3.63) is 90.0 Å². The maximum atomic E-state index is 2.41. The van der Waals surface area contributed by atoms with E-state index in [2.05, 4.69) is 97.3 Å². The van der Waals surface area contributed by atoms with Crippen LogP contribution in [0.15, 0.2) is 78.9 Å². The zero-order valence-corrected chi connectivity index (χ0v) is 16.7. The quantitative estimate of drug-likeness (QED) is 0.276. The minimum Gasteiger partial charge on any atom is -0.309 e. The highest BCUT2D eigenvalue weighted by Gasteiger charge is 2.15. The van der Waals surface area contributed by atoms with Gasteiger partial charge < -0.3 is 4.57 Å². The van der Waals surface area contributed by atoms with Gasteiger partial charge in [0.15, 0.2) is 0 Å². The molecule has 0 fully saturated rings. The van der Waals surface area contributed by atoms with Gasteiger partial charge in [-0.05, 0) is 62.4 Å². The molecule has 0 aliphatic rings. The van der Waals surface area contributed by atoms with Crippen molar-refractivity contribution >= 4 is 53.3 Å². The van der Waals surface area contributed by atoms with E-state index in [1.807, 2.05) is 11.3 Å². The van der Waals surface area contributed by atoms with Crippen LogP contribution in [-0.2, 0) is 0 Å². The molecule has 0 N–H and O–H groups in total. The van der Waals surface area contributed by atoms with Crippen LogP contribution in [0.4, 0.5) is 0 Å². The minimum absolute atomic E-state index is 1.21. The van der Waals surface area contributed by atoms with Crippen LogP contribution in [0, 0.1) is 13.8 Å². The molecule has 0 saturated carbocycles. The molecule has 0 aliphatic carbocycles. The van der Waals surface area contributed by atoms with Gasteiger partial charge in [0, 0.05) is 36.6 Å². The summed E-state index contributed by atoms with van der Waals surface area (Å²) in [6.45, 7) is 4.34. The molecule has 0 radical (unpaired) electrons. The molecule has 0 aliphatic heterocycles. The molecule has 1 nitrogen and oxygen atoms in total. The molecule has 2 aromatic heterocycles. The number of thiophene rings is 1. The van der Waals surface area contributed by atoms with E-state index in [1.54, 1.807) is 0 Å². The maximum absolute atomic E-state index is 2.41. The first kappa shape index (κ1) is 15.9. The number of hydrogen-bond donors (Lipinski definition) is 0. The van der Waals surface area contributed by atoms with Crippen LogP contribution in [0.2, 0.25) is 0 Å². The van der Waals surface area contributed by atoms with E-state index in [1.165, 1.54) is 58.8 Å². The van der Waals surface area contributed by atoms with Gasteiger partial charge in [0.2, 0.25) is 0 Å². The van der Waals surface area contributed by atoms with E-state index in [4.69, 9.17) is 0 Å². The maximum Gasteiger partial charge on any atom is 0.0548 e. The lowest BCUT2D eigenvalue weighted by atomic mass is 10.1. The molecule has 0 amide bonds. The second-order valence-electron chi connectivity index (χ2n) is 7.66. The highest BCUT2D eigenvalue weighted by Crippen LogP contribution is 2.40. The number of rotatable bonds is 1. The SMILES string of the molecule is Cc1ccc2sc3cc4c5cc(C)ccc5n(-c5ccccc5)c4cc3c2c1. The van der Waals surface area contributed by atoms with E-state index in [0.29, 0.717) is 0 Å². The molecule has 2 heteroatoms. The van der Waals surface area contributed by atoms with Crippen molar-refractivity contribution in [2.45, 2.75) is 13.8 Å². The Kier molecular flexibility index (Phi) is 3.24. The number of aryl methyl sites for hydroxylation is 2. The average Bonchev–Trinajstić information content (AvgIpc) is 3.21. The molecule has 6 rings (SSSR count). The van der Waals surface area contributed by atoms with Crippen LogP contribution in [-0.4, -0.2) is 4.57 Å². The molecule has 0 atom stereocenters. The van der Waals surface area contributed by atoms with Crippen LogP contribution in [0.5, 0.6) is 0 Å². The van der Waals surface area contributed by atoms with Gasteiger partial charge in [-0.3, -0.25) is 0 Å². The van der Waals surface area contributed by atoms with Crippen LogP contribution in [0.3, 0.4) is 0 Å².